The van der Waals surface area contributed by atoms with E-state index in [2.05, 4.69) is 5.32 Å². The van der Waals surface area contributed by atoms with Gasteiger partial charge < -0.3 is 19.7 Å². The van der Waals surface area contributed by atoms with Gasteiger partial charge in [0.2, 0.25) is 0 Å². The number of carbonyl (C=O) groups is 3. The molecule has 0 radical (unpaired) electrons. The van der Waals surface area contributed by atoms with Crippen molar-refractivity contribution in [2.45, 2.75) is 43.6 Å². The number of ether oxygens (including phenoxy) is 1. The van der Waals surface area contributed by atoms with Crippen LogP contribution in [0.15, 0.2) is 42.5 Å². The van der Waals surface area contributed by atoms with Gasteiger partial charge in [0.1, 0.15) is 18.1 Å². The highest BCUT2D eigenvalue weighted by atomic mass is 16.6. The van der Waals surface area contributed by atoms with Crippen LogP contribution in [-0.2, 0) is 20.9 Å². The summed E-state index contributed by atoms with van der Waals surface area (Å²) in [6.45, 7) is 4.01. The number of Topliss-reactive ketones (excluding diaryl/α,β-unsaturated/α-hetero) is 1. The zero-order valence-corrected chi connectivity index (χ0v) is 16.0. The van der Waals surface area contributed by atoms with Gasteiger partial charge in [-0.15, -0.1) is 0 Å². The van der Waals surface area contributed by atoms with Crippen molar-refractivity contribution >= 4 is 18.0 Å². The standard InChI is InChI=1S/C22H21NO6/c1-12(2)13-7-8-16-18(11-13)29-22(28)15-6-4-3-5-14(15)19(25)21(16,22)23-17(9-10-24)20(26)27/h3-8,10-12,17,23,28H,9H2,1-2H3,(H,26,27). The number of nitrogens with one attached hydrogen (secondary N) is 1. The number of carbonyl (C=O) groups excluding carboxylic acids is 2. The third-order valence-electron chi connectivity index (χ3n) is 5.74. The van der Waals surface area contributed by atoms with E-state index in [0.29, 0.717) is 17.6 Å². The molecule has 1 aliphatic heterocycles. The summed E-state index contributed by atoms with van der Waals surface area (Å²) in [5.41, 5.74) is -0.0619. The number of hydrogen-bond acceptors (Lipinski definition) is 6. The molecule has 1 aliphatic carbocycles. The molecular formula is C22H21NO6. The smallest absolute Gasteiger partial charge is 0.321 e. The maximum atomic E-state index is 13.6. The first-order valence-corrected chi connectivity index (χ1v) is 9.40. The summed E-state index contributed by atoms with van der Waals surface area (Å²) < 4.78 is 5.96. The van der Waals surface area contributed by atoms with Gasteiger partial charge in [-0.1, -0.05) is 50.2 Å². The number of carboxylic acids is 1. The van der Waals surface area contributed by atoms with E-state index in [-0.39, 0.29) is 23.5 Å². The van der Waals surface area contributed by atoms with Gasteiger partial charge in [0.15, 0.2) is 11.3 Å². The Morgan fingerprint density at radius 1 is 1.21 bits per heavy atom. The summed E-state index contributed by atoms with van der Waals surface area (Å²) in [7, 11) is 0. The van der Waals surface area contributed by atoms with Crippen molar-refractivity contribution in [1.82, 2.24) is 5.32 Å². The molecule has 0 amide bonds. The van der Waals surface area contributed by atoms with Gasteiger partial charge in [-0.3, -0.25) is 14.9 Å². The lowest BCUT2D eigenvalue weighted by Gasteiger charge is -2.36. The fraction of sp³-hybridized carbons (Fsp3) is 0.318. The van der Waals surface area contributed by atoms with Crippen LogP contribution in [0.3, 0.4) is 0 Å². The molecule has 3 unspecified atom stereocenters. The van der Waals surface area contributed by atoms with Gasteiger partial charge in [0.05, 0.1) is 0 Å². The SMILES string of the molecule is CC(C)c1ccc2c(c1)OC1(O)c3ccccc3C(=O)C21NC(CC=O)C(=O)O. The summed E-state index contributed by atoms with van der Waals surface area (Å²) in [6, 6.07) is 10.4. The Balaban J connectivity index is 1.96. The second-order valence-corrected chi connectivity index (χ2v) is 7.72. The molecule has 7 nitrogen and oxygen atoms in total. The average molecular weight is 395 g/mol. The second-order valence-electron chi connectivity index (χ2n) is 7.72. The molecule has 0 bridgehead atoms. The summed E-state index contributed by atoms with van der Waals surface area (Å²) >= 11 is 0. The molecule has 29 heavy (non-hydrogen) atoms. The Kier molecular flexibility index (Phi) is 4.33. The highest BCUT2D eigenvalue weighted by Crippen LogP contribution is 2.58. The van der Waals surface area contributed by atoms with Gasteiger partial charge in [-0.05, 0) is 17.5 Å². The van der Waals surface area contributed by atoms with Crippen LogP contribution >= 0.6 is 0 Å². The predicted octanol–water partition coefficient (Wildman–Crippen LogP) is 2.07. The summed E-state index contributed by atoms with van der Waals surface area (Å²) in [4.78, 5) is 36.4. The van der Waals surface area contributed by atoms with Crippen LogP contribution in [0.5, 0.6) is 5.75 Å². The first kappa shape index (κ1) is 19.3. The summed E-state index contributed by atoms with van der Waals surface area (Å²) in [5, 5.41) is 24.0. The van der Waals surface area contributed by atoms with Crippen LogP contribution in [0.1, 0.15) is 53.2 Å². The van der Waals surface area contributed by atoms with E-state index in [4.69, 9.17) is 4.74 Å². The van der Waals surface area contributed by atoms with Crippen molar-refractivity contribution in [1.29, 1.82) is 0 Å². The summed E-state index contributed by atoms with van der Waals surface area (Å²) in [6.07, 6.45) is 0.100. The number of aliphatic hydroxyl groups is 1. The molecular weight excluding hydrogens is 374 g/mol. The molecule has 3 N–H and O–H groups in total. The number of aldehydes is 1. The van der Waals surface area contributed by atoms with Crippen LogP contribution in [0.2, 0.25) is 0 Å². The van der Waals surface area contributed by atoms with Crippen LogP contribution in [0.25, 0.3) is 0 Å². The zero-order valence-electron chi connectivity index (χ0n) is 16.0. The number of rotatable bonds is 6. The fourth-order valence-corrected chi connectivity index (χ4v) is 4.24. The third kappa shape index (κ3) is 2.47. The molecule has 0 saturated heterocycles. The lowest BCUT2D eigenvalue weighted by Crippen LogP contribution is -2.62. The van der Waals surface area contributed by atoms with Crippen LogP contribution in [-0.4, -0.2) is 34.3 Å². The normalized spacial score (nSPS) is 25.2. The van der Waals surface area contributed by atoms with Gasteiger partial charge in [-0.25, -0.2) is 0 Å². The largest absolute Gasteiger partial charge is 0.480 e. The Labute approximate surface area is 167 Å². The topological polar surface area (TPSA) is 113 Å². The number of benzene rings is 2. The highest BCUT2D eigenvalue weighted by molar-refractivity contribution is 6.11. The molecule has 2 aromatic rings. The van der Waals surface area contributed by atoms with E-state index < -0.39 is 29.1 Å². The van der Waals surface area contributed by atoms with Gasteiger partial charge in [0.25, 0.3) is 5.79 Å². The van der Waals surface area contributed by atoms with Crippen LogP contribution < -0.4 is 10.1 Å². The highest BCUT2D eigenvalue weighted by Gasteiger charge is 2.71. The molecule has 0 fully saturated rings. The van der Waals surface area contributed by atoms with Crippen molar-refractivity contribution in [3.63, 3.8) is 0 Å². The van der Waals surface area contributed by atoms with Crippen molar-refractivity contribution < 1.29 is 29.3 Å². The Hall–Kier alpha value is -3.03. The number of hydrogen-bond donors (Lipinski definition) is 3. The molecule has 3 atom stereocenters. The molecule has 150 valence electrons. The second kappa shape index (κ2) is 6.50. The number of carboxylic acid groups (broad SMARTS) is 1. The quantitative estimate of drug-likeness (QED) is 0.642. The number of aliphatic carboxylic acids is 1. The maximum absolute atomic E-state index is 13.6. The maximum Gasteiger partial charge on any atom is 0.321 e. The molecule has 0 aromatic heterocycles. The van der Waals surface area contributed by atoms with Crippen molar-refractivity contribution in [3.8, 4) is 5.75 Å². The molecule has 2 aromatic carbocycles. The van der Waals surface area contributed by atoms with Gasteiger partial charge >= 0.3 is 5.97 Å². The lowest BCUT2D eigenvalue weighted by molar-refractivity contribution is -0.176. The Bertz CT molecular complexity index is 1030. The van der Waals surface area contributed by atoms with Crippen molar-refractivity contribution in [2.75, 3.05) is 0 Å². The Morgan fingerprint density at radius 2 is 1.93 bits per heavy atom. The van der Waals surface area contributed by atoms with Crippen molar-refractivity contribution in [2.24, 2.45) is 0 Å². The minimum Gasteiger partial charge on any atom is -0.480 e. The van der Waals surface area contributed by atoms with E-state index in [9.17, 15) is 24.6 Å². The first-order valence-electron chi connectivity index (χ1n) is 9.40. The van der Waals surface area contributed by atoms with E-state index in [1.54, 1.807) is 36.4 Å². The van der Waals surface area contributed by atoms with Gasteiger partial charge in [-0.2, -0.15) is 0 Å². The summed E-state index contributed by atoms with van der Waals surface area (Å²) in [5.74, 6) is -3.43. The van der Waals surface area contributed by atoms with Gasteiger partial charge in [0, 0.05) is 23.1 Å². The van der Waals surface area contributed by atoms with Crippen LogP contribution in [0.4, 0.5) is 0 Å². The minimum absolute atomic E-state index is 0.188. The third-order valence-corrected chi connectivity index (χ3v) is 5.74. The van der Waals surface area contributed by atoms with E-state index >= 15 is 0 Å². The molecule has 4 rings (SSSR count). The first-order chi connectivity index (χ1) is 13.8. The molecule has 0 saturated carbocycles. The van der Waals surface area contributed by atoms with Crippen LogP contribution in [0, 0.1) is 0 Å². The predicted molar refractivity (Wildman–Crippen MR) is 103 cm³/mol. The fourth-order valence-electron chi connectivity index (χ4n) is 4.24. The molecule has 2 aliphatic rings. The number of fused-ring (bicyclic) bond motifs is 5. The van der Waals surface area contributed by atoms with E-state index in [0.717, 1.165) is 5.56 Å². The average Bonchev–Trinajstić information content (AvgIpc) is 3.05. The number of ketones is 1. The monoisotopic (exact) mass is 395 g/mol. The molecule has 0 spiro atoms. The minimum atomic E-state index is -2.13. The van der Waals surface area contributed by atoms with E-state index in [1.807, 2.05) is 19.9 Å². The molecule has 7 heteroatoms. The van der Waals surface area contributed by atoms with Crippen molar-refractivity contribution in [3.05, 3.63) is 64.7 Å². The Morgan fingerprint density at radius 3 is 2.59 bits per heavy atom. The molecule has 1 heterocycles. The van der Waals surface area contributed by atoms with E-state index in [1.165, 1.54) is 0 Å². The zero-order chi connectivity index (χ0) is 21.0. The lowest BCUT2D eigenvalue weighted by atomic mass is 9.81.